The van der Waals surface area contributed by atoms with Gasteiger partial charge in [-0.1, -0.05) is 11.6 Å². The Kier molecular flexibility index (Phi) is 6.65. The summed E-state index contributed by atoms with van der Waals surface area (Å²) in [6, 6.07) is 10.4. The Balaban J connectivity index is 1.93. The smallest absolute Gasteiger partial charge is 0.264 e. The van der Waals surface area contributed by atoms with Gasteiger partial charge in [0.2, 0.25) is 0 Å². The molecular formula is C21H16ClF3N2O4S. The van der Waals surface area contributed by atoms with E-state index < -0.39 is 39.1 Å². The quantitative estimate of drug-likeness (QED) is 0.508. The first-order valence-electron chi connectivity index (χ1n) is 8.93. The van der Waals surface area contributed by atoms with Gasteiger partial charge in [0.15, 0.2) is 11.6 Å². The van der Waals surface area contributed by atoms with Crippen LogP contribution in [0.15, 0.2) is 59.5 Å². The lowest BCUT2D eigenvalue weighted by Crippen LogP contribution is -2.27. The topological polar surface area (TPSA) is 75.7 Å². The maximum absolute atomic E-state index is 13.9. The summed E-state index contributed by atoms with van der Waals surface area (Å²) in [7, 11) is -1.31. The Morgan fingerprint density at radius 2 is 1.59 bits per heavy atom. The van der Waals surface area contributed by atoms with E-state index in [1.54, 1.807) is 12.1 Å². The summed E-state index contributed by atoms with van der Waals surface area (Å²) < 4.78 is 72.5. The monoisotopic (exact) mass is 484 g/mol. The predicted molar refractivity (Wildman–Crippen MR) is 114 cm³/mol. The fourth-order valence-electron chi connectivity index (χ4n) is 2.74. The van der Waals surface area contributed by atoms with Gasteiger partial charge >= 0.3 is 0 Å². The summed E-state index contributed by atoms with van der Waals surface area (Å²) in [5, 5.41) is 1.93. The van der Waals surface area contributed by atoms with Crippen LogP contribution in [0.1, 0.15) is 10.4 Å². The first-order chi connectivity index (χ1) is 15.0. The number of carbonyl (C=O) groups excluding carboxylic acids is 1. The van der Waals surface area contributed by atoms with Gasteiger partial charge in [-0.25, -0.2) is 21.6 Å². The highest BCUT2D eigenvalue weighted by Gasteiger charge is 2.24. The summed E-state index contributed by atoms with van der Waals surface area (Å²) in [6.45, 7) is 0. The van der Waals surface area contributed by atoms with Crippen LogP contribution < -0.4 is 14.4 Å². The van der Waals surface area contributed by atoms with Crippen LogP contribution in [0, 0.1) is 17.5 Å². The Morgan fingerprint density at radius 3 is 2.22 bits per heavy atom. The van der Waals surface area contributed by atoms with Gasteiger partial charge < -0.3 is 10.1 Å². The molecule has 0 radical (unpaired) electrons. The number of nitrogens with one attached hydrogen (secondary N) is 1. The summed E-state index contributed by atoms with van der Waals surface area (Å²) in [6.07, 6.45) is 0. The van der Waals surface area contributed by atoms with Gasteiger partial charge in [0.05, 0.1) is 34.0 Å². The number of carbonyl (C=O) groups is 1. The Hall–Kier alpha value is -3.24. The lowest BCUT2D eigenvalue weighted by Gasteiger charge is -2.20. The van der Waals surface area contributed by atoms with Crippen LogP contribution in [-0.2, 0) is 10.0 Å². The highest BCUT2D eigenvalue weighted by molar-refractivity contribution is 7.92. The van der Waals surface area contributed by atoms with Crippen molar-refractivity contribution in [2.75, 3.05) is 23.8 Å². The van der Waals surface area contributed by atoms with E-state index in [-0.39, 0.29) is 21.5 Å². The van der Waals surface area contributed by atoms with Crippen molar-refractivity contribution in [3.05, 3.63) is 82.6 Å². The van der Waals surface area contributed by atoms with E-state index in [0.717, 1.165) is 10.4 Å². The molecular weight excluding hydrogens is 469 g/mol. The largest absolute Gasteiger partial charge is 0.497 e. The molecule has 6 nitrogen and oxygen atoms in total. The number of ether oxygens (including phenoxy) is 1. The zero-order valence-corrected chi connectivity index (χ0v) is 18.3. The molecule has 32 heavy (non-hydrogen) atoms. The highest BCUT2D eigenvalue weighted by Crippen LogP contribution is 2.28. The molecule has 0 fully saturated rings. The number of nitrogens with zero attached hydrogens (tertiary/aromatic N) is 1. The first-order valence-corrected chi connectivity index (χ1v) is 10.7. The molecule has 3 rings (SSSR count). The molecule has 3 aromatic carbocycles. The number of halogens is 4. The SMILES string of the molecule is COc1ccc(N(C)S(=O)(=O)c2ccc(Cl)c(C(=O)Nc3cc(F)c(F)cc3F)c2)cc1. The van der Waals surface area contributed by atoms with Crippen molar-refractivity contribution in [1.29, 1.82) is 0 Å². The lowest BCUT2D eigenvalue weighted by atomic mass is 10.2. The molecule has 1 N–H and O–H groups in total. The second kappa shape index (κ2) is 9.09. The number of anilines is 2. The highest BCUT2D eigenvalue weighted by atomic mass is 35.5. The summed E-state index contributed by atoms with van der Waals surface area (Å²) in [5.74, 6) is -4.48. The van der Waals surface area contributed by atoms with Crippen LogP contribution >= 0.6 is 11.6 Å². The fraction of sp³-hybridized carbons (Fsp3) is 0.0952. The van der Waals surface area contributed by atoms with Crippen LogP contribution in [0.4, 0.5) is 24.5 Å². The summed E-state index contributed by atoms with van der Waals surface area (Å²) in [5.41, 5.74) is -0.607. The number of rotatable bonds is 6. The van der Waals surface area contributed by atoms with Gasteiger partial charge in [-0.2, -0.15) is 0 Å². The number of benzene rings is 3. The zero-order chi connectivity index (χ0) is 23.6. The van der Waals surface area contributed by atoms with Crippen molar-refractivity contribution in [1.82, 2.24) is 0 Å². The third kappa shape index (κ3) is 4.66. The van der Waals surface area contributed by atoms with Gasteiger partial charge in [0.1, 0.15) is 11.6 Å². The van der Waals surface area contributed by atoms with E-state index in [2.05, 4.69) is 5.32 Å². The van der Waals surface area contributed by atoms with Gasteiger partial charge in [-0.15, -0.1) is 0 Å². The first kappa shape index (κ1) is 23.4. The molecule has 0 atom stereocenters. The molecule has 0 bridgehead atoms. The fourth-order valence-corrected chi connectivity index (χ4v) is 4.16. The maximum Gasteiger partial charge on any atom is 0.264 e. The molecule has 0 saturated carbocycles. The van der Waals surface area contributed by atoms with E-state index in [4.69, 9.17) is 16.3 Å². The van der Waals surface area contributed by atoms with Crippen molar-refractivity contribution >= 4 is 38.9 Å². The molecule has 0 aliphatic heterocycles. The summed E-state index contributed by atoms with van der Waals surface area (Å²) >= 11 is 6.02. The third-order valence-electron chi connectivity index (χ3n) is 4.54. The van der Waals surface area contributed by atoms with Gasteiger partial charge in [-0.3, -0.25) is 9.10 Å². The van der Waals surface area contributed by atoms with Crippen LogP contribution in [0.25, 0.3) is 0 Å². The molecule has 0 saturated heterocycles. The van der Waals surface area contributed by atoms with Crippen LogP contribution in [0.2, 0.25) is 5.02 Å². The Bertz CT molecular complexity index is 1280. The van der Waals surface area contributed by atoms with Gasteiger partial charge in [0, 0.05) is 19.2 Å². The molecule has 3 aromatic rings. The molecule has 1 amide bonds. The second-order valence-corrected chi connectivity index (χ2v) is 8.89. The third-order valence-corrected chi connectivity index (χ3v) is 6.65. The second-order valence-electron chi connectivity index (χ2n) is 6.51. The average molecular weight is 485 g/mol. The molecule has 11 heteroatoms. The number of sulfonamides is 1. The minimum Gasteiger partial charge on any atom is -0.497 e. The Morgan fingerprint density at radius 1 is 0.969 bits per heavy atom. The van der Waals surface area contributed by atoms with E-state index >= 15 is 0 Å². The molecule has 0 unspecified atom stereocenters. The van der Waals surface area contributed by atoms with E-state index in [0.29, 0.717) is 17.5 Å². The number of hydrogen-bond donors (Lipinski definition) is 1. The minimum absolute atomic E-state index is 0.128. The molecule has 0 heterocycles. The minimum atomic E-state index is -4.11. The van der Waals surface area contributed by atoms with Crippen molar-refractivity contribution in [2.45, 2.75) is 4.90 Å². The predicted octanol–water partition coefficient (Wildman–Crippen LogP) is 4.84. The molecule has 0 aliphatic rings. The molecule has 0 aliphatic carbocycles. The summed E-state index contributed by atoms with van der Waals surface area (Å²) in [4.78, 5) is 12.3. The number of hydrogen-bond acceptors (Lipinski definition) is 4. The van der Waals surface area contributed by atoms with Crippen LogP contribution in [0.5, 0.6) is 5.75 Å². The van der Waals surface area contributed by atoms with E-state index in [1.807, 2.05) is 0 Å². The van der Waals surface area contributed by atoms with Crippen molar-refractivity contribution in [3.63, 3.8) is 0 Å². The van der Waals surface area contributed by atoms with Crippen molar-refractivity contribution in [2.24, 2.45) is 0 Å². The zero-order valence-electron chi connectivity index (χ0n) is 16.7. The standard InChI is InChI=1S/C21H16ClF3N2O4S/c1-27(12-3-5-13(31-2)6-4-12)32(29,30)14-7-8-16(22)15(9-14)21(28)26-20-11-18(24)17(23)10-19(20)25/h3-11H,1-2H3,(H,26,28). The molecule has 0 aromatic heterocycles. The van der Waals surface area contributed by atoms with Crippen LogP contribution in [0.3, 0.4) is 0 Å². The van der Waals surface area contributed by atoms with Gasteiger partial charge in [-0.05, 0) is 42.5 Å². The average Bonchev–Trinajstić information content (AvgIpc) is 2.77. The lowest BCUT2D eigenvalue weighted by molar-refractivity contribution is 0.102. The van der Waals surface area contributed by atoms with Crippen LogP contribution in [-0.4, -0.2) is 28.5 Å². The number of methoxy groups -OCH3 is 1. The van der Waals surface area contributed by atoms with E-state index in [9.17, 15) is 26.4 Å². The maximum atomic E-state index is 13.9. The normalized spacial score (nSPS) is 11.2. The van der Waals surface area contributed by atoms with Crippen molar-refractivity contribution < 1.29 is 31.1 Å². The van der Waals surface area contributed by atoms with Crippen molar-refractivity contribution in [3.8, 4) is 5.75 Å². The molecule has 0 spiro atoms. The van der Waals surface area contributed by atoms with E-state index in [1.165, 1.54) is 38.4 Å². The van der Waals surface area contributed by atoms with Gasteiger partial charge in [0.25, 0.3) is 15.9 Å². The molecule has 168 valence electrons. The Labute approximate surface area is 187 Å². The number of amides is 1.